The first kappa shape index (κ1) is 11.6. The molecule has 0 fully saturated rings. The molecule has 18 heavy (non-hydrogen) atoms. The summed E-state index contributed by atoms with van der Waals surface area (Å²) in [6.07, 6.45) is 2.59. The van der Waals surface area contributed by atoms with Gasteiger partial charge in [0.15, 0.2) is 0 Å². The quantitative estimate of drug-likeness (QED) is 0.905. The minimum absolute atomic E-state index is 0.0516. The fraction of sp³-hybridized carbons (Fsp3) is 0.308. The molecule has 2 aromatic rings. The highest BCUT2D eigenvalue weighted by molar-refractivity contribution is 7.09. The highest BCUT2D eigenvalue weighted by Crippen LogP contribution is 2.41. The molecular weight excluding hydrogens is 251 g/mol. The number of fused-ring (bicyclic) bond motifs is 1. The molecule has 1 aromatic heterocycles. The van der Waals surface area contributed by atoms with E-state index in [0.29, 0.717) is 5.75 Å². The molecule has 1 aliphatic heterocycles. The number of nitrogens with zero attached hydrogens (tertiary/aromatic N) is 1. The maximum Gasteiger partial charge on any atom is 0.136 e. The fourth-order valence-corrected chi connectivity index (χ4v) is 2.93. The Morgan fingerprint density at radius 1 is 1.50 bits per heavy atom. The smallest absolute Gasteiger partial charge is 0.136 e. The largest absolute Gasteiger partial charge is 0.484 e. The van der Waals surface area contributed by atoms with E-state index >= 15 is 0 Å². The maximum absolute atomic E-state index is 13.3. The highest BCUT2D eigenvalue weighted by atomic mass is 32.1. The molecule has 5 heteroatoms. The standard InChI is InChI=1S/C13H13FN2OS/c1-15-10-5-12(13-6-16-7-18-13)17-11-4-8(14)2-3-9(10)11/h2-4,6-7,10,12,15H,5H2,1H3. The second-order valence-corrected chi connectivity index (χ2v) is 5.19. The highest BCUT2D eigenvalue weighted by Gasteiger charge is 2.29. The number of benzene rings is 1. The van der Waals surface area contributed by atoms with E-state index < -0.39 is 0 Å². The number of thiazole rings is 1. The van der Waals surface area contributed by atoms with E-state index in [2.05, 4.69) is 10.3 Å². The van der Waals surface area contributed by atoms with Crippen LogP contribution in [-0.4, -0.2) is 12.0 Å². The van der Waals surface area contributed by atoms with Crippen LogP contribution in [0.4, 0.5) is 4.39 Å². The van der Waals surface area contributed by atoms with Crippen molar-refractivity contribution in [2.24, 2.45) is 0 Å². The summed E-state index contributed by atoms with van der Waals surface area (Å²) in [6.45, 7) is 0. The molecule has 3 rings (SSSR count). The van der Waals surface area contributed by atoms with Crippen molar-refractivity contribution in [1.82, 2.24) is 10.3 Å². The molecule has 2 heterocycles. The Kier molecular flexibility index (Phi) is 3.01. The van der Waals surface area contributed by atoms with Gasteiger partial charge in [-0.05, 0) is 13.1 Å². The van der Waals surface area contributed by atoms with Gasteiger partial charge < -0.3 is 10.1 Å². The van der Waals surface area contributed by atoms with Gasteiger partial charge in [-0.25, -0.2) is 4.39 Å². The molecular formula is C13H13FN2OS. The molecule has 3 nitrogen and oxygen atoms in total. The Morgan fingerprint density at radius 3 is 3.11 bits per heavy atom. The van der Waals surface area contributed by atoms with Crippen molar-refractivity contribution in [2.75, 3.05) is 7.05 Å². The minimum Gasteiger partial charge on any atom is -0.484 e. The number of hydrogen-bond acceptors (Lipinski definition) is 4. The van der Waals surface area contributed by atoms with Gasteiger partial charge in [-0.1, -0.05) is 6.07 Å². The lowest BCUT2D eigenvalue weighted by Crippen LogP contribution is -2.26. The van der Waals surface area contributed by atoms with Crippen LogP contribution < -0.4 is 10.1 Å². The zero-order valence-corrected chi connectivity index (χ0v) is 10.7. The summed E-state index contributed by atoms with van der Waals surface area (Å²) in [5.74, 6) is 0.354. The first-order valence-corrected chi connectivity index (χ1v) is 6.67. The van der Waals surface area contributed by atoms with Gasteiger partial charge in [-0.15, -0.1) is 11.3 Å². The Morgan fingerprint density at radius 2 is 2.39 bits per heavy atom. The SMILES string of the molecule is CNC1CC(c2cncs2)Oc2cc(F)ccc21. The van der Waals surface area contributed by atoms with Crippen LogP contribution in [0.3, 0.4) is 0 Å². The minimum atomic E-state index is -0.270. The number of hydrogen-bond donors (Lipinski definition) is 1. The maximum atomic E-state index is 13.3. The van der Waals surface area contributed by atoms with Gasteiger partial charge in [-0.2, -0.15) is 0 Å². The zero-order chi connectivity index (χ0) is 12.5. The van der Waals surface area contributed by atoms with Crippen LogP contribution in [0.5, 0.6) is 5.75 Å². The van der Waals surface area contributed by atoms with Crippen molar-refractivity contribution in [3.05, 3.63) is 46.2 Å². The molecule has 0 radical (unpaired) electrons. The van der Waals surface area contributed by atoms with Crippen LogP contribution in [0.15, 0.2) is 29.9 Å². The lowest BCUT2D eigenvalue weighted by molar-refractivity contribution is 0.156. The second-order valence-electron chi connectivity index (χ2n) is 4.27. The third-order valence-corrected chi connectivity index (χ3v) is 4.05. The van der Waals surface area contributed by atoms with Gasteiger partial charge in [0.25, 0.3) is 0 Å². The van der Waals surface area contributed by atoms with Gasteiger partial charge in [0.05, 0.1) is 10.4 Å². The van der Waals surface area contributed by atoms with E-state index in [1.807, 2.05) is 13.2 Å². The normalized spacial score (nSPS) is 22.3. The van der Waals surface area contributed by atoms with Crippen molar-refractivity contribution in [3.8, 4) is 5.75 Å². The molecule has 1 aromatic carbocycles. The molecule has 2 unspecified atom stereocenters. The first-order valence-electron chi connectivity index (χ1n) is 5.79. The number of rotatable bonds is 2. The van der Waals surface area contributed by atoms with Gasteiger partial charge in [0.2, 0.25) is 0 Å². The Balaban J connectivity index is 1.98. The molecule has 1 aliphatic rings. The average molecular weight is 264 g/mol. The molecule has 0 saturated carbocycles. The van der Waals surface area contributed by atoms with E-state index in [9.17, 15) is 4.39 Å². The number of ether oxygens (including phenoxy) is 1. The molecule has 1 N–H and O–H groups in total. The van der Waals surface area contributed by atoms with E-state index in [4.69, 9.17) is 4.74 Å². The third kappa shape index (κ3) is 2.00. The summed E-state index contributed by atoms with van der Waals surface area (Å²) in [7, 11) is 1.91. The van der Waals surface area contributed by atoms with Crippen molar-refractivity contribution in [1.29, 1.82) is 0 Å². The van der Waals surface area contributed by atoms with E-state index in [1.165, 1.54) is 12.1 Å². The lowest BCUT2D eigenvalue weighted by atomic mass is 9.96. The van der Waals surface area contributed by atoms with E-state index in [-0.39, 0.29) is 18.0 Å². The summed E-state index contributed by atoms with van der Waals surface area (Å²) < 4.78 is 19.2. The predicted octanol–water partition coefficient (Wildman–Crippen LogP) is 3.07. The van der Waals surface area contributed by atoms with Crippen molar-refractivity contribution < 1.29 is 9.13 Å². The molecule has 0 saturated heterocycles. The molecule has 0 bridgehead atoms. The molecule has 0 aliphatic carbocycles. The lowest BCUT2D eigenvalue weighted by Gasteiger charge is -2.31. The summed E-state index contributed by atoms with van der Waals surface area (Å²) in [5, 5.41) is 3.25. The first-order chi connectivity index (χ1) is 8.78. The Hall–Kier alpha value is -1.46. The summed E-state index contributed by atoms with van der Waals surface area (Å²) in [6, 6.07) is 4.89. The average Bonchev–Trinajstić information content (AvgIpc) is 2.90. The van der Waals surface area contributed by atoms with Gasteiger partial charge in [-0.3, -0.25) is 4.98 Å². The second kappa shape index (κ2) is 4.66. The number of halogens is 1. The summed E-state index contributed by atoms with van der Waals surface area (Å²) in [5.41, 5.74) is 2.80. The molecule has 0 amide bonds. The van der Waals surface area contributed by atoms with Crippen LogP contribution in [0, 0.1) is 5.82 Å². The van der Waals surface area contributed by atoms with Crippen LogP contribution in [-0.2, 0) is 0 Å². The fourth-order valence-electron chi connectivity index (χ4n) is 2.27. The number of aromatic nitrogens is 1. The summed E-state index contributed by atoms with van der Waals surface area (Å²) in [4.78, 5) is 5.14. The van der Waals surface area contributed by atoms with E-state index in [1.54, 1.807) is 22.9 Å². The zero-order valence-electron chi connectivity index (χ0n) is 9.89. The molecule has 94 valence electrons. The topological polar surface area (TPSA) is 34.2 Å². The molecule has 2 atom stereocenters. The van der Waals surface area contributed by atoms with Crippen molar-refractivity contribution >= 4 is 11.3 Å². The van der Waals surface area contributed by atoms with Crippen LogP contribution in [0.2, 0.25) is 0 Å². The van der Waals surface area contributed by atoms with Crippen molar-refractivity contribution in [2.45, 2.75) is 18.6 Å². The number of nitrogens with one attached hydrogen (secondary N) is 1. The van der Waals surface area contributed by atoms with Crippen LogP contribution in [0.1, 0.15) is 29.0 Å². The van der Waals surface area contributed by atoms with Gasteiger partial charge in [0.1, 0.15) is 17.7 Å². The van der Waals surface area contributed by atoms with Crippen LogP contribution >= 0.6 is 11.3 Å². The Labute approximate surface area is 109 Å². The third-order valence-electron chi connectivity index (χ3n) is 3.19. The van der Waals surface area contributed by atoms with Gasteiger partial charge in [0, 0.05) is 30.3 Å². The monoisotopic (exact) mass is 264 g/mol. The van der Waals surface area contributed by atoms with Crippen molar-refractivity contribution in [3.63, 3.8) is 0 Å². The van der Waals surface area contributed by atoms with Crippen LogP contribution in [0.25, 0.3) is 0 Å². The summed E-state index contributed by atoms with van der Waals surface area (Å²) >= 11 is 1.56. The molecule has 0 spiro atoms. The predicted molar refractivity (Wildman–Crippen MR) is 68.3 cm³/mol. The van der Waals surface area contributed by atoms with Gasteiger partial charge >= 0.3 is 0 Å². The van der Waals surface area contributed by atoms with E-state index in [0.717, 1.165) is 16.9 Å². The Bertz CT molecular complexity index is 544.